The molecule has 2 N–H and O–H groups in total. The summed E-state index contributed by atoms with van der Waals surface area (Å²) < 4.78 is 38.8. The molecule has 0 spiro atoms. The van der Waals surface area contributed by atoms with E-state index >= 15 is 0 Å². The number of carbonyl (C=O) groups excluding carboxylic acids is 1. The maximum absolute atomic E-state index is 12.9. The van der Waals surface area contributed by atoms with Gasteiger partial charge in [-0.05, 0) is 32.1 Å². The summed E-state index contributed by atoms with van der Waals surface area (Å²) in [7, 11) is 0. The van der Waals surface area contributed by atoms with Crippen LogP contribution in [0.25, 0.3) is 0 Å². The van der Waals surface area contributed by atoms with Crippen LogP contribution in [0.4, 0.5) is 18.0 Å². The van der Waals surface area contributed by atoms with Crippen LogP contribution in [0.3, 0.4) is 0 Å². The fourth-order valence-corrected chi connectivity index (χ4v) is 3.41. The van der Waals surface area contributed by atoms with E-state index in [1.54, 1.807) is 0 Å². The van der Waals surface area contributed by atoms with Crippen LogP contribution in [-0.4, -0.2) is 47.4 Å². The van der Waals surface area contributed by atoms with Crippen LogP contribution in [0, 0.1) is 5.41 Å². The number of hydrogen-bond donors (Lipinski definition) is 2. The number of nitrogens with zero attached hydrogens (tertiary/aromatic N) is 1. The van der Waals surface area contributed by atoms with Crippen LogP contribution < -0.4 is 5.32 Å². The van der Waals surface area contributed by atoms with E-state index in [4.69, 9.17) is 0 Å². The minimum absolute atomic E-state index is 0.0923. The molecule has 0 radical (unpaired) electrons. The molecule has 1 atom stereocenters. The number of halogens is 3. The third-order valence-electron chi connectivity index (χ3n) is 5.22. The first-order valence-corrected chi connectivity index (χ1v) is 8.57. The molecule has 0 saturated carbocycles. The number of nitrogens with one attached hydrogen (secondary N) is 1. The second-order valence-corrected chi connectivity index (χ2v) is 7.53. The molecule has 2 aliphatic rings. The molecule has 0 bridgehead atoms. The number of alkyl halides is 3. The van der Waals surface area contributed by atoms with Gasteiger partial charge in [-0.2, -0.15) is 13.2 Å². The SMILES string of the molecule is CC(C)(CNC(=O)N1CCCC(O)(C(F)(F)F)CC1)C1=CCCC1. The first kappa shape index (κ1) is 19.1. The zero-order valence-corrected chi connectivity index (χ0v) is 14.4. The van der Waals surface area contributed by atoms with Gasteiger partial charge < -0.3 is 15.3 Å². The summed E-state index contributed by atoms with van der Waals surface area (Å²) in [6.45, 7) is 4.72. The van der Waals surface area contributed by atoms with Crippen LogP contribution >= 0.6 is 0 Å². The second-order valence-electron chi connectivity index (χ2n) is 7.53. The number of aliphatic hydroxyl groups is 1. The summed E-state index contributed by atoms with van der Waals surface area (Å²) in [5.41, 5.74) is -1.51. The van der Waals surface area contributed by atoms with Crippen molar-refractivity contribution in [2.75, 3.05) is 19.6 Å². The van der Waals surface area contributed by atoms with Gasteiger partial charge in [0.2, 0.25) is 0 Å². The minimum atomic E-state index is -4.66. The zero-order chi connectivity index (χ0) is 18.0. The molecule has 4 nitrogen and oxygen atoms in total. The summed E-state index contributed by atoms with van der Waals surface area (Å²) in [6.07, 6.45) is 0.0853. The number of likely N-dealkylation sites (tertiary alicyclic amines) is 1. The van der Waals surface area contributed by atoms with Crippen molar-refractivity contribution in [1.82, 2.24) is 10.2 Å². The fraction of sp³-hybridized carbons (Fsp3) is 0.824. The van der Waals surface area contributed by atoms with Crippen molar-refractivity contribution < 1.29 is 23.1 Å². The number of carbonyl (C=O) groups is 1. The first-order valence-electron chi connectivity index (χ1n) is 8.57. The predicted octanol–water partition coefficient (Wildman–Crippen LogP) is 3.61. The normalized spacial score (nSPS) is 26.1. The monoisotopic (exact) mass is 348 g/mol. The quantitative estimate of drug-likeness (QED) is 0.766. The Balaban J connectivity index is 1.89. The first-order chi connectivity index (χ1) is 11.1. The lowest BCUT2D eigenvalue weighted by Gasteiger charge is -2.30. The van der Waals surface area contributed by atoms with E-state index in [1.165, 1.54) is 10.5 Å². The molecule has 7 heteroatoms. The van der Waals surface area contributed by atoms with Crippen LogP contribution in [0.1, 0.15) is 52.4 Å². The van der Waals surface area contributed by atoms with Gasteiger partial charge in [-0.15, -0.1) is 0 Å². The highest BCUT2D eigenvalue weighted by Gasteiger charge is 2.53. The predicted molar refractivity (Wildman–Crippen MR) is 85.5 cm³/mol. The van der Waals surface area contributed by atoms with Gasteiger partial charge in [0.25, 0.3) is 0 Å². The lowest BCUT2D eigenvalue weighted by atomic mass is 9.83. The lowest BCUT2D eigenvalue weighted by Crippen LogP contribution is -2.47. The third kappa shape index (κ3) is 4.23. The average Bonchev–Trinajstić information content (AvgIpc) is 2.95. The van der Waals surface area contributed by atoms with Crippen molar-refractivity contribution in [3.63, 3.8) is 0 Å². The maximum atomic E-state index is 12.9. The van der Waals surface area contributed by atoms with Crippen molar-refractivity contribution in [2.45, 2.75) is 64.1 Å². The summed E-state index contributed by atoms with van der Waals surface area (Å²) >= 11 is 0. The van der Waals surface area contributed by atoms with Gasteiger partial charge in [-0.3, -0.25) is 0 Å². The van der Waals surface area contributed by atoms with Crippen LogP contribution in [-0.2, 0) is 0 Å². The van der Waals surface area contributed by atoms with Gasteiger partial charge in [0.05, 0.1) is 0 Å². The van der Waals surface area contributed by atoms with Crippen LogP contribution in [0.2, 0.25) is 0 Å². The van der Waals surface area contributed by atoms with E-state index in [2.05, 4.69) is 25.2 Å². The van der Waals surface area contributed by atoms with Crippen molar-refractivity contribution in [2.24, 2.45) is 5.41 Å². The lowest BCUT2D eigenvalue weighted by molar-refractivity contribution is -0.263. The van der Waals surface area contributed by atoms with E-state index in [0.717, 1.165) is 19.3 Å². The molecule has 1 aliphatic carbocycles. The highest BCUT2D eigenvalue weighted by molar-refractivity contribution is 5.74. The zero-order valence-electron chi connectivity index (χ0n) is 14.4. The van der Waals surface area contributed by atoms with Crippen molar-refractivity contribution >= 4 is 6.03 Å². The van der Waals surface area contributed by atoms with Crippen LogP contribution in [0.15, 0.2) is 11.6 Å². The molecule has 0 aromatic carbocycles. The number of hydrogen-bond acceptors (Lipinski definition) is 2. The molecule has 24 heavy (non-hydrogen) atoms. The van der Waals surface area contributed by atoms with E-state index in [1.807, 2.05) is 0 Å². The molecule has 1 aliphatic heterocycles. The molecule has 1 fully saturated rings. The Kier molecular flexibility index (Phi) is 5.52. The second kappa shape index (κ2) is 6.94. The summed E-state index contributed by atoms with van der Waals surface area (Å²) in [5.74, 6) is 0. The Morgan fingerprint density at radius 1 is 1.29 bits per heavy atom. The van der Waals surface area contributed by atoms with Gasteiger partial charge in [0.15, 0.2) is 5.60 Å². The van der Waals surface area contributed by atoms with Gasteiger partial charge in [-0.25, -0.2) is 4.79 Å². The molecule has 2 rings (SSSR count). The number of urea groups is 1. The van der Waals surface area contributed by atoms with Gasteiger partial charge in [0.1, 0.15) is 0 Å². The van der Waals surface area contributed by atoms with Crippen LogP contribution in [0.5, 0.6) is 0 Å². The van der Waals surface area contributed by atoms with Gasteiger partial charge in [-0.1, -0.05) is 25.5 Å². The molecular formula is C17H27F3N2O2. The minimum Gasteiger partial charge on any atom is -0.380 e. The topological polar surface area (TPSA) is 52.6 Å². The van der Waals surface area contributed by atoms with Crippen molar-refractivity contribution in [1.29, 1.82) is 0 Å². The molecule has 1 heterocycles. The number of rotatable bonds is 3. The smallest absolute Gasteiger partial charge is 0.380 e. The molecule has 1 unspecified atom stereocenters. The summed E-state index contributed by atoms with van der Waals surface area (Å²) in [5, 5.41) is 12.6. The van der Waals surface area contributed by atoms with Crippen molar-refractivity contribution in [3.8, 4) is 0 Å². The Morgan fingerprint density at radius 3 is 2.58 bits per heavy atom. The number of amides is 2. The Labute approximate surface area is 141 Å². The van der Waals surface area contributed by atoms with Gasteiger partial charge >= 0.3 is 12.2 Å². The maximum Gasteiger partial charge on any atom is 0.417 e. The average molecular weight is 348 g/mol. The number of allylic oxidation sites excluding steroid dienone is 1. The molecule has 0 aromatic heterocycles. The largest absolute Gasteiger partial charge is 0.417 e. The van der Waals surface area contributed by atoms with E-state index in [9.17, 15) is 23.1 Å². The van der Waals surface area contributed by atoms with E-state index < -0.39 is 18.2 Å². The Bertz CT molecular complexity index is 503. The third-order valence-corrected chi connectivity index (χ3v) is 5.22. The summed E-state index contributed by atoms with van der Waals surface area (Å²) in [4.78, 5) is 13.7. The molecular weight excluding hydrogens is 321 g/mol. The summed E-state index contributed by atoms with van der Waals surface area (Å²) in [6, 6.07) is -0.354. The molecule has 2 amide bonds. The van der Waals surface area contributed by atoms with Gasteiger partial charge in [0, 0.05) is 31.5 Å². The Morgan fingerprint density at radius 2 is 2.00 bits per heavy atom. The fourth-order valence-electron chi connectivity index (χ4n) is 3.41. The van der Waals surface area contributed by atoms with E-state index in [-0.39, 0.29) is 37.4 Å². The van der Waals surface area contributed by atoms with E-state index in [0.29, 0.717) is 6.54 Å². The molecule has 1 saturated heterocycles. The highest BCUT2D eigenvalue weighted by Crippen LogP contribution is 2.38. The standard InChI is InChI=1S/C17H27F3N2O2/c1-15(2,13-6-3-4-7-13)12-21-14(23)22-10-5-8-16(24,9-11-22)17(18,19)20/h6,24H,3-5,7-12H2,1-2H3,(H,21,23). The highest BCUT2D eigenvalue weighted by atomic mass is 19.4. The van der Waals surface area contributed by atoms with Crippen molar-refractivity contribution in [3.05, 3.63) is 11.6 Å². The molecule has 0 aromatic rings. The Hall–Kier alpha value is -1.24. The molecule has 138 valence electrons.